The van der Waals surface area contributed by atoms with Crippen LogP contribution in [0.4, 0.5) is 0 Å². The zero-order valence-electron chi connectivity index (χ0n) is 25.4. The summed E-state index contributed by atoms with van der Waals surface area (Å²) in [5, 5.41) is 16.0. The number of rotatable bonds is 4. The number of benzene rings is 5. The Morgan fingerprint density at radius 3 is 2.32 bits per heavy atom. The van der Waals surface area contributed by atoms with Gasteiger partial charge in [0.15, 0.2) is 0 Å². The van der Waals surface area contributed by atoms with Gasteiger partial charge < -0.3 is 4.57 Å². The van der Waals surface area contributed by atoms with Gasteiger partial charge in [0.05, 0.1) is 51.0 Å². The van der Waals surface area contributed by atoms with Crippen LogP contribution in [0.3, 0.4) is 0 Å². The lowest BCUT2D eigenvalue weighted by atomic mass is 9.94. The molecule has 3 aromatic heterocycles. The number of nitrogens with zero attached hydrogens (tertiary/aromatic N) is 5. The van der Waals surface area contributed by atoms with Crippen LogP contribution >= 0.6 is 0 Å². The minimum Gasteiger partial charge on any atom is -0.308 e. The first-order valence-corrected chi connectivity index (χ1v) is 15.8. The number of fused-ring (bicyclic) bond motifs is 6. The molecule has 0 saturated heterocycles. The highest BCUT2D eigenvalue weighted by atomic mass is 15.0. The predicted octanol–water partition coefficient (Wildman–Crippen LogP) is 10.0. The van der Waals surface area contributed by atoms with Crippen molar-refractivity contribution in [3.8, 4) is 23.0 Å². The summed E-state index contributed by atoms with van der Waals surface area (Å²) in [6.45, 7) is 0. The first-order chi connectivity index (χ1) is 23.2. The van der Waals surface area contributed by atoms with E-state index in [1.165, 1.54) is 21.5 Å². The van der Waals surface area contributed by atoms with Gasteiger partial charge in [-0.05, 0) is 89.0 Å². The largest absolute Gasteiger partial charge is 0.308 e. The first kappa shape index (κ1) is 27.0. The van der Waals surface area contributed by atoms with Gasteiger partial charge in [0, 0.05) is 28.4 Å². The molecule has 0 atom stereocenters. The van der Waals surface area contributed by atoms with E-state index in [1.54, 1.807) is 0 Å². The molecule has 0 N–H and O–H groups in total. The summed E-state index contributed by atoms with van der Waals surface area (Å²) in [4.78, 5) is 15.1. The third-order valence-corrected chi connectivity index (χ3v) is 9.09. The lowest BCUT2D eigenvalue weighted by Crippen LogP contribution is -2.08. The van der Waals surface area contributed by atoms with Crippen LogP contribution in [-0.2, 0) is 0 Å². The van der Waals surface area contributed by atoms with Crippen molar-refractivity contribution in [2.45, 2.75) is 12.8 Å². The maximum atomic E-state index is 10.1. The number of nitriles is 1. The summed E-state index contributed by atoms with van der Waals surface area (Å²) in [6.07, 6.45) is 5.76. The number of aromatic nitrogens is 3. The molecule has 4 heterocycles. The van der Waals surface area contributed by atoms with E-state index in [0.717, 1.165) is 74.4 Å². The number of hydrogen-bond acceptors (Lipinski definition) is 4. The van der Waals surface area contributed by atoms with Crippen molar-refractivity contribution in [1.29, 1.82) is 5.26 Å². The van der Waals surface area contributed by atoms with Crippen LogP contribution < -0.4 is 0 Å². The minimum atomic E-state index is 0.572. The van der Waals surface area contributed by atoms with Crippen molar-refractivity contribution in [2.24, 2.45) is 4.99 Å². The molecule has 1 aliphatic rings. The van der Waals surface area contributed by atoms with E-state index in [0.29, 0.717) is 5.56 Å². The van der Waals surface area contributed by atoms with Crippen LogP contribution in [0.15, 0.2) is 145 Å². The van der Waals surface area contributed by atoms with Gasteiger partial charge in [-0.2, -0.15) is 5.26 Å². The molecule has 5 nitrogen and oxygen atoms in total. The summed E-state index contributed by atoms with van der Waals surface area (Å²) in [7, 11) is 0. The lowest BCUT2D eigenvalue weighted by molar-refractivity contribution is 1.06. The average Bonchev–Trinajstić information content (AvgIpc) is 3.49. The Balaban J connectivity index is 1.15. The summed E-state index contributed by atoms with van der Waals surface area (Å²) < 4.78 is 2.18. The van der Waals surface area contributed by atoms with Crippen molar-refractivity contribution < 1.29 is 0 Å². The van der Waals surface area contributed by atoms with Crippen LogP contribution in [0.5, 0.6) is 0 Å². The molecule has 0 unspecified atom stereocenters. The second kappa shape index (κ2) is 10.9. The standard InChI is InChI=1S/C42H27N5/c43-26-27-22-29(24-30(23-27)47-40-19-6-5-14-34(40)42-41(47)20-9-21-44-42)36-15-7-17-38(45-36)39-18-8-16-37(46-39)35-25-28-10-1-2-11-31(28)32-12-3-4-13-33(32)35/h1-7,9-17,19-25H,8,18H2. The zero-order chi connectivity index (χ0) is 31.3. The second-order valence-electron chi connectivity index (χ2n) is 11.9. The maximum absolute atomic E-state index is 10.1. The Labute approximate surface area is 271 Å². The Bertz CT molecular complexity index is 2600. The van der Waals surface area contributed by atoms with Crippen molar-refractivity contribution in [3.05, 3.63) is 156 Å². The number of aliphatic imine (C=N–C) groups is 1. The Morgan fingerprint density at radius 2 is 1.43 bits per heavy atom. The van der Waals surface area contributed by atoms with Gasteiger partial charge in [0.1, 0.15) is 0 Å². The van der Waals surface area contributed by atoms with Gasteiger partial charge in [0.25, 0.3) is 0 Å². The fraction of sp³-hybridized carbons (Fsp3) is 0.0476. The van der Waals surface area contributed by atoms with Crippen LogP contribution in [0.25, 0.3) is 66.1 Å². The van der Waals surface area contributed by atoms with Gasteiger partial charge in [-0.15, -0.1) is 0 Å². The van der Waals surface area contributed by atoms with E-state index < -0.39 is 0 Å². The molecule has 47 heavy (non-hydrogen) atoms. The molecule has 1 aliphatic heterocycles. The third-order valence-electron chi connectivity index (χ3n) is 9.09. The van der Waals surface area contributed by atoms with Gasteiger partial charge in [0.2, 0.25) is 0 Å². The summed E-state index contributed by atoms with van der Waals surface area (Å²) in [5.74, 6) is 0. The molecule has 220 valence electrons. The van der Waals surface area contributed by atoms with Crippen LogP contribution in [-0.4, -0.2) is 20.2 Å². The second-order valence-corrected chi connectivity index (χ2v) is 11.9. The highest BCUT2D eigenvalue weighted by Crippen LogP contribution is 2.36. The van der Waals surface area contributed by atoms with E-state index in [-0.39, 0.29) is 0 Å². The first-order valence-electron chi connectivity index (χ1n) is 15.8. The molecule has 5 heteroatoms. The average molecular weight is 602 g/mol. The molecule has 0 aliphatic carbocycles. The third kappa shape index (κ3) is 4.50. The summed E-state index contributed by atoms with van der Waals surface area (Å²) >= 11 is 0. The number of allylic oxidation sites excluding steroid dienone is 1. The van der Waals surface area contributed by atoms with Gasteiger partial charge in [-0.25, -0.2) is 4.98 Å². The van der Waals surface area contributed by atoms with Crippen molar-refractivity contribution in [2.75, 3.05) is 0 Å². The Hall–Kier alpha value is -6.38. The van der Waals surface area contributed by atoms with Crippen LogP contribution in [0.1, 0.15) is 29.7 Å². The highest BCUT2D eigenvalue weighted by Gasteiger charge is 2.18. The summed E-state index contributed by atoms with van der Waals surface area (Å²) in [6, 6.07) is 46.1. The van der Waals surface area contributed by atoms with E-state index in [4.69, 9.17) is 9.98 Å². The number of hydrogen-bond donors (Lipinski definition) is 0. The van der Waals surface area contributed by atoms with E-state index in [2.05, 4.69) is 101 Å². The van der Waals surface area contributed by atoms with Crippen molar-refractivity contribution in [3.63, 3.8) is 0 Å². The molecule has 0 radical (unpaired) electrons. The molecule has 8 aromatic rings. The lowest BCUT2D eigenvalue weighted by Gasteiger charge is -2.17. The van der Waals surface area contributed by atoms with E-state index in [1.807, 2.05) is 54.7 Å². The van der Waals surface area contributed by atoms with E-state index in [9.17, 15) is 5.26 Å². The quantitative estimate of drug-likeness (QED) is 0.189. The monoisotopic (exact) mass is 601 g/mol. The normalized spacial score (nSPS) is 13.2. The SMILES string of the molecule is N#Cc1cc(-c2cccc(C3=NC(c4cc5ccccc5c5ccccc45)=CCC3)n2)cc(-n2c3ccccc3c3ncccc32)c1. The fourth-order valence-electron chi connectivity index (χ4n) is 6.98. The minimum absolute atomic E-state index is 0.572. The van der Waals surface area contributed by atoms with Crippen molar-refractivity contribution >= 4 is 54.9 Å². The topological polar surface area (TPSA) is 66.9 Å². The molecule has 5 aromatic carbocycles. The fourth-order valence-corrected chi connectivity index (χ4v) is 6.98. The highest BCUT2D eigenvalue weighted by molar-refractivity contribution is 6.13. The van der Waals surface area contributed by atoms with Gasteiger partial charge >= 0.3 is 0 Å². The Kier molecular flexibility index (Phi) is 6.26. The molecule has 9 rings (SSSR count). The van der Waals surface area contributed by atoms with Crippen LogP contribution in [0, 0.1) is 11.3 Å². The Morgan fingerprint density at radius 1 is 0.660 bits per heavy atom. The van der Waals surface area contributed by atoms with E-state index >= 15 is 0 Å². The zero-order valence-corrected chi connectivity index (χ0v) is 25.4. The van der Waals surface area contributed by atoms with Crippen LogP contribution in [0.2, 0.25) is 0 Å². The molecule has 0 saturated carbocycles. The van der Waals surface area contributed by atoms with Crippen molar-refractivity contribution in [1.82, 2.24) is 14.5 Å². The molecular weight excluding hydrogens is 574 g/mol. The number of pyridine rings is 2. The van der Waals surface area contributed by atoms with Gasteiger partial charge in [-0.3, -0.25) is 9.98 Å². The molecule has 0 bridgehead atoms. The maximum Gasteiger partial charge on any atom is 0.0992 e. The van der Waals surface area contributed by atoms with Gasteiger partial charge in [-0.1, -0.05) is 78.9 Å². The number of para-hydroxylation sites is 1. The molecule has 0 fully saturated rings. The summed E-state index contributed by atoms with van der Waals surface area (Å²) in [5.41, 5.74) is 10.1. The molecule has 0 spiro atoms. The molecule has 0 amide bonds. The smallest absolute Gasteiger partial charge is 0.0992 e. The predicted molar refractivity (Wildman–Crippen MR) is 192 cm³/mol. The molecular formula is C42H27N5.